The summed E-state index contributed by atoms with van der Waals surface area (Å²) in [5, 5.41) is 0.798. The number of para-hydroxylation sites is 1. The number of amides is 1. The summed E-state index contributed by atoms with van der Waals surface area (Å²) in [7, 11) is 1.99. The summed E-state index contributed by atoms with van der Waals surface area (Å²) in [4.78, 5) is 22.4. The lowest BCUT2D eigenvalue weighted by Crippen LogP contribution is -2.49. The molecule has 0 bridgehead atoms. The molecule has 6 nitrogen and oxygen atoms in total. The average molecular weight is 524 g/mol. The molecule has 8 heteroatoms. The third kappa shape index (κ3) is 5.34. The zero-order valence-corrected chi connectivity index (χ0v) is 22.6. The summed E-state index contributed by atoms with van der Waals surface area (Å²) in [6.45, 7) is 11.3. The highest BCUT2D eigenvalue weighted by molar-refractivity contribution is 6.33. The van der Waals surface area contributed by atoms with E-state index in [1.165, 1.54) is 11.6 Å². The van der Waals surface area contributed by atoms with Crippen LogP contribution in [0.5, 0.6) is 0 Å². The summed E-state index contributed by atoms with van der Waals surface area (Å²) in [6, 6.07) is 15.3. The van der Waals surface area contributed by atoms with Gasteiger partial charge in [-0.3, -0.25) is 9.69 Å². The lowest BCUT2D eigenvalue weighted by Gasteiger charge is -2.36. The Bertz CT molecular complexity index is 1280. The van der Waals surface area contributed by atoms with Crippen molar-refractivity contribution < 1.29 is 9.18 Å². The molecule has 0 saturated carbocycles. The Morgan fingerprint density at radius 2 is 1.57 bits per heavy atom. The highest BCUT2D eigenvalue weighted by Gasteiger charge is 2.27. The van der Waals surface area contributed by atoms with Crippen molar-refractivity contribution in [1.82, 2.24) is 14.4 Å². The van der Waals surface area contributed by atoms with Gasteiger partial charge in [0.25, 0.3) is 5.91 Å². The number of aromatic nitrogens is 1. The van der Waals surface area contributed by atoms with Crippen LogP contribution in [-0.2, 0) is 13.6 Å². The van der Waals surface area contributed by atoms with Gasteiger partial charge in [-0.1, -0.05) is 23.7 Å². The minimum absolute atomic E-state index is 0.0790. The molecule has 0 unspecified atom stereocenters. The molecule has 3 aromatic rings. The molecule has 2 fully saturated rings. The molecular formula is C29H35ClFN5O. The van der Waals surface area contributed by atoms with Crippen LogP contribution in [0.2, 0.25) is 5.02 Å². The van der Waals surface area contributed by atoms with Crippen molar-refractivity contribution in [2.24, 2.45) is 7.05 Å². The monoisotopic (exact) mass is 523 g/mol. The second-order valence-corrected chi connectivity index (χ2v) is 10.5. The highest BCUT2D eigenvalue weighted by Crippen LogP contribution is 2.27. The second-order valence-electron chi connectivity index (χ2n) is 10.1. The van der Waals surface area contributed by atoms with Gasteiger partial charge in [-0.15, -0.1) is 0 Å². The maximum absolute atomic E-state index is 13.7. The predicted molar refractivity (Wildman–Crippen MR) is 148 cm³/mol. The minimum Gasteiger partial charge on any atom is -0.368 e. The van der Waals surface area contributed by atoms with Gasteiger partial charge < -0.3 is 19.3 Å². The van der Waals surface area contributed by atoms with E-state index < -0.39 is 0 Å². The summed E-state index contributed by atoms with van der Waals surface area (Å²) >= 11 is 6.40. The standard InChI is InChI=1S/C29H35ClFN5O/c1-21-18-24(8-9-26(21)31)34-14-16-36(17-15-34)29(37)28-19-23(22(2)32(28)3)20-33-10-12-35(13-11-33)27-7-5-4-6-25(27)30/h4-9,18-19H,10-17,20H2,1-3H3. The van der Waals surface area contributed by atoms with E-state index in [1.54, 1.807) is 6.92 Å². The lowest BCUT2D eigenvalue weighted by molar-refractivity contribution is 0.0737. The maximum Gasteiger partial charge on any atom is 0.270 e. The van der Waals surface area contributed by atoms with Gasteiger partial charge in [-0.05, 0) is 61.4 Å². The zero-order chi connectivity index (χ0) is 26.1. The zero-order valence-electron chi connectivity index (χ0n) is 21.9. The second kappa shape index (κ2) is 10.8. The van der Waals surface area contributed by atoms with Crippen LogP contribution in [0.1, 0.15) is 27.3 Å². The van der Waals surface area contributed by atoms with Crippen LogP contribution < -0.4 is 9.80 Å². The molecular weight excluding hydrogens is 489 g/mol. The fourth-order valence-corrected chi connectivity index (χ4v) is 5.63. The van der Waals surface area contributed by atoms with Crippen molar-refractivity contribution in [3.8, 4) is 0 Å². The summed E-state index contributed by atoms with van der Waals surface area (Å²) in [6.07, 6.45) is 0. The molecule has 2 aliphatic rings. The molecule has 2 aromatic carbocycles. The van der Waals surface area contributed by atoms with Gasteiger partial charge >= 0.3 is 0 Å². The summed E-state index contributed by atoms with van der Waals surface area (Å²) in [5.74, 6) is -0.106. The number of rotatable bonds is 5. The van der Waals surface area contributed by atoms with E-state index in [4.69, 9.17) is 11.6 Å². The first-order valence-corrected chi connectivity index (χ1v) is 13.4. The van der Waals surface area contributed by atoms with Crippen LogP contribution in [0, 0.1) is 19.7 Å². The van der Waals surface area contributed by atoms with Gasteiger partial charge in [-0.2, -0.15) is 0 Å². The Kier molecular flexibility index (Phi) is 7.45. The van der Waals surface area contributed by atoms with Crippen LogP contribution in [0.25, 0.3) is 0 Å². The fraction of sp³-hybridized carbons (Fsp3) is 0.414. The Balaban J connectivity index is 1.19. The Hall–Kier alpha value is -3.03. The number of benzene rings is 2. The number of hydrogen-bond donors (Lipinski definition) is 0. The highest BCUT2D eigenvalue weighted by atomic mass is 35.5. The van der Waals surface area contributed by atoms with Crippen molar-refractivity contribution in [3.63, 3.8) is 0 Å². The van der Waals surface area contributed by atoms with Crippen molar-refractivity contribution in [2.45, 2.75) is 20.4 Å². The van der Waals surface area contributed by atoms with E-state index in [2.05, 4.69) is 33.8 Å². The van der Waals surface area contributed by atoms with Crippen molar-refractivity contribution in [1.29, 1.82) is 0 Å². The third-order valence-corrected chi connectivity index (χ3v) is 8.21. The molecule has 2 aliphatic heterocycles. The number of carbonyl (C=O) groups is 1. The van der Waals surface area contributed by atoms with E-state index in [1.807, 2.05) is 46.8 Å². The number of piperazine rings is 2. The number of aryl methyl sites for hydroxylation is 1. The van der Waals surface area contributed by atoms with Crippen LogP contribution >= 0.6 is 11.6 Å². The first-order chi connectivity index (χ1) is 17.8. The normalized spacial score (nSPS) is 16.9. The van der Waals surface area contributed by atoms with Crippen LogP contribution in [0.4, 0.5) is 15.8 Å². The molecule has 0 radical (unpaired) electrons. The van der Waals surface area contributed by atoms with E-state index in [0.29, 0.717) is 18.7 Å². The molecule has 5 rings (SSSR count). The van der Waals surface area contributed by atoms with E-state index in [-0.39, 0.29) is 11.7 Å². The SMILES string of the molecule is Cc1cc(N2CCN(C(=O)c3cc(CN4CCN(c5ccccc5Cl)CC4)c(C)n3C)CC2)ccc1F. The molecule has 0 atom stereocenters. The smallest absolute Gasteiger partial charge is 0.270 e. The quantitative estimate of drug-likeness (QED) is 0.485. The fourth-order valence-electron chi connectivity index (χ4n) is 5.38. The number of hydrogen-bond acceptors (Lipinski definition) is 4. The number of halogens is 2. The number of carbonyl (C=O) groups excluding carboxylic acids is 1. The van der Waals surface area contributed by atoms with Gasteiger partial charge in [0.15, 0.2) is 0 Å². The molecule has 0 N–H and O–H groups in total. The first-order valence-electron chi connectivity index (χ1n) is 13.0. The molecule has 0 spiro atoms. The van der Waals surface area contributed by atoms with Crippen LogP contribution in [0.15, 0.2) is 48.5 Å². The molecule has 1 aromatic heterocycles. The van der Waals surface area contributed by atoms with Gasteiger partial charge in [0.2, 0.25) is 0 Å². The maximum atomic E-state index is 13.7. The van der Waals surface area contributed by atoms with Gasteiger partial charge in [0.05, 0.1) is 10.7 Å². The number of anilines is 2. The molecule has 0 aliphatic carbocycles. The third-order valence-electron chi connectivity index (χ3n) is 7.89. The van der Waals surface area contributed by atoms with Crippen molar-refractivity contribution in [2.75, 3.05) is 62.2 Å². The Labute approximate surface area is 223 Å². The minimum atomic E-state index is -0.185. The summed E-state index contributed by atoms with van der Waals surface area (Å²) < 4.78 is 15.7. The average Bonchev–Trinajstić information content (AvgIpc) is 3.19. The molecule has 196 valence electrons. The summed E-state index contributed by atoms with van der Waals surface area (Å²) in [5.41, 5.74) is 5.84. The number of nitrogens with zero attached hydrogens (tertiary/aromatic N) is 5. The lowest BCUT2D eigenvalue weighted by atomic mass is 10.1. The first kappa shape index (κ1) is 25.6. The van der Waals surface area contributed by atoms with E-state index >= 15 is 0 Å². The van der Waals surface area contributed by atoms with E-state index in [0.717, 1.165) is 73.6 Å². The predicted octanol–water partition coefficient (Wildman–Crippen LogP) is 4.72. The largest absolute Gasteiger partial charge is 0.368 e. The van der Waals surface area contributed by atoms with Gasteiger partial charge in [-0.25, -0.2) is 4.39 Å². The van der Waals surface area contributed by atoms with Gasteiger partial charge in [0.1, 0.15) is 11.5 Å². The molecule has 37 heavy (non-hydrogen) atoms. The Morgan fingerprint density at radius 3 is 2.24 bits per heavy atom. The van der Waals surface area contributed by atoms with E-state index in [9.17, 15) is 9.18 Å². The molecule has 1 amide bonds. The Morgan fingerprint density at radius 1 is 0.892 bits per heavy atom. The van der Waals surface area contributed by atoms with Crippen molar-refractivity contribution >= 4 is 28.9 Å². The molecule has 3 heterocycles. The van der Waals surface area contributed by atoms with Gasteiger partial charge in [0, 0.05) is 77.3 Å². The van der Waals surface area contributed by atoms with Crippen LogP contribution in [0.3, 0.4) is 0 Å². The molecule has 2 saturated heterocycles. The topological polar surface area (TPSA) is 35.0 Å². The van der Waals surface area contributed by atoms with Crippen LogP contribution in [-0.4, -0.2) is 72.6 Å². The van der Waals surface area contributed by atoms with Crippen molar-refractivity contribution in [3.05, 3.63) is 81.9 Å².